The van der Waals surface area contributed by atoms with Crippen LogP contribution in [0.2, 0.25) is 0 Å². The highest BCUT2D eigenvalue weighted by Crippen LogP contribution is 2.19. The summed E-state index contributed by atoms with van der Waals surface area (Å²) in [6.07, 6.45) is 0. The summed E-state index contributed by atoms with van der Waals surface area (Å²) < 4.78 is 0. The van der Waals surface area contributed by atoms with Crippen LogP contribution in [0.5, 0.6) is 0 Å². The summed E-state index contributed by atoms with van der Waals surface area (Å²) in [6.45, 7) is 4.45. The molecule has 1 rings (SSSR count). The van der Waals surface area contributed by atoms with Gasteiger partial charge in [-0.25, -0.2) is 0 Å². The molecule has 0 unspecified atom stereocenters. The molecule has 0 aliphatic rings. The van der Waals surface area contributed by atoms with Gasteiger partial charge >= 0.3 is 0 Å². The van der Waals surface area contributed by atoms with E-state index in [9.17, 15) is 10.1 Å². The molecule has 1 aromatic rings. The second kappa shape index (κ2) is 4.94. The van der Waals surface area contributed by atoms with Crippen molar-refractivity contribution >= 4 is 11.4 Å². The SMILES string of the molecule is CC(C)(CO)CNc1cccc([N+](=O)[O-])c1. The van der Waals surface area contributed by atoms with Crippen LogP contribution < -0.4 is 5.32 Å². The Bertz CT molecular complexity index is 377. The molecule has 0 bridgehead atoms. The molecule has 0 saturated carbocycles. The maximum Gasteiger partial charge on any atom is 0.271 e. The molecule has 0 saturated heterocycles. The number of nitro benzene ring substituents is 1. The van der Waals surface area contributed by atoms with Crippen molar-refractivity contribution in [2.45, 2.75) is 13.8 Å². The van der Waals surface area contributed by atoms with Crippen molar-refractivity contribution in [2.24, 2.45) is 5.41 Å². The number of nitro groups is 1. The van der Waals surface area contributed by atoms with Crippen LogP contribution in [-0.2, 0) is 0 Å². The lowest BCUT2D eigenvalue weighted by Crippen LogP contribution is -2.26. The third kappa shape index (κ3) is 3.51. The van der Waals surface area contributed by atoms with E-state index in [-0.39, 0.29) is 17.7 Å². The summed E-state index contributed by atoms with van der Waals surface area (Å²) in [5.74, 6) is 0. The average Bonchev–Trinajstić information content (AvgIpc) is 2.27. The number of rotatable bonds is 5. The van der Waals surface area contributed by atoms with Crippen LogP contribution in [0.3, 0.4) is 0 Å². The molecule has 88 valence electrons. The van der Waals surface area contributed by atoms with Crippen LogP contribution in [0.15, 0.2) is 24.3 Å². The van der Waals surface area contributed by atoms with Gasteiger partial charge in [0.25, 0.3) is 5.69 Å². The van der Waals surface area contributed by atoms with Crippen LogP contribution in [-0.4, -0.2) is 23.2 Å². The number of nitrogens with one attached hydrogen (secondary N) is 1. The van der Waals surface area contributed by atoms with E-state index in [1.54, 1.807) is 12.1 Å². The molecule has 2 N–H and O–H groups in total. The van der Waals surface area contributed by atoms with Crippen molar-refractivity contribution in [1.82, 2.24) is 0 Å². The Balaban J connectivity index is 2.68. The summed E-state index contributed by atoms with van der Waals surface area (Å²) in [5, 5.41) is 22.7. The molecule has 0 aliphatic heterocycles. The van der Waals surface area contributed by atoms with Crippen molar-refractivity contribution in [3.63, 3.8) is 0 Å². The van der Waals surface area contributed by atoms with E-state index < -0.39 is 4.92 Å². The van der Waals surface area contributed by atoms with Crippen LogP contribution in [0.25, 0.3) is 0 Å². The van der Waals surface area contributed by atoms with E-state index in [0.29, 0.717) is 12.2 Å². The topological polar surface area (TPSA) is 75.4 Å². The largest absolute Gasteiger partial charge is 0.396 e. The van der Waals surface area contributed by atoms with Crippen LogP contribution in [0, 0.1) is 15.5 Å². The molecule has 5 nitrogen and oxygen atoms in total. The second-order valence-electron chi connectivity index (χ2n) is 4.48. The summed E-state index contributed by atoms with van der Waals surface area (Å²) in [7, 11) is 0. The molecule has 0 radical (unpaired) electrons. The minimum Gasteiger partial charge on any atom is -0.396 e. The summed E-state index contributed by atoms with van der Waals surface area (Å²) in [6, 6.07) is 6.32. The lowest BCUT2D eigenvalue weighted by molar-refractivity contribution is -0.384. The smallest absolute Gasteiger partial charge is 0.271 e. The first kappa shape index (κ1) is 12.4. The molecule has 0 fully saturated rings. The summed E-state index contributed by atoms with van der Waals surface area (Å²) in [4.78, 5) is 10.1. The molecule has 16 heavy (non-hydrogen) atoms. The van der Waals surface area contributed by atoms with Gasteiger partial charge in [0.1, 0.15) is 0 Å². The van der Waals surface area contributed by atoms with Crippen LogP contribution >= 0.6 is 0 Å². The van der Waals surface area contributed by atoms with Gasteiger partial charge in [-0.15, -0.1) is 0 Å². The Kier molecular flexibility index (Phi) is 3.84. The van der Waals surface area contributed by atoms with Crippen molar-refractivity contribution in [1.29, 1.82) is 0 Å². The van der Waals surface area contributed by atoms with Gasteiger partial charge in [-0.1, -0.05) is 19.9 Å². The number of aliphatic hydroxyl groups excluding tert-OH is 1. The number of non-ortho nitro benzene ring substituents is 1. The Hall–Kier alpha value is -1.62. The molecule has 0 atom stereocenters. The van der Waals surface area contributed by atoms with E-state index in [1.165, 1.54) is 12.1 Å². The Labute approximate surface area is 94.3 Å². The maximum atomic E-state index is 10.5. The molecule has 0 spiro atoms. The van der Waals surface area contributed by atoms with E-state index in [2.05, 4.69) is 5.32 Å². The lowest BCUT2D eigenvalue weighted by Gasteiger charge is -2.22. The number of hydrogen-bond acceptors (Lipinski definition) is 4. The average molecular weight is 224 g/mol. The monoisotopic (exact) mass is 224 g/mol. The molecule has 0 heterocycles. The van der Waals surface area contributed by atoms with E-state index in [0.717, 1.165) is 0 Å². The number of benzene rings is 1. The fourth-order valence-electron chi connectivity index (χ4n) is 1.13. The van der Waals surface area contributed by atoms with E-state index >= 15 is 0 Å². The second-order valence-corrected chi connectivity index (χ2v) is 4.48. The van der Waals surface area contributed by atoms with Crippen molar-refractivity contribution in [3.05, 3.63) is 34.4 Å². The zero-order chi connectivity index (χ0) is 12.2. The normalized spacial score (nSPS) is 11.2. The fourth-order valence-corrected chi connectivity index (χ4v) is 1.13. The summed E-state index contributed by atoms with van der Waals surface area (Å²) in [5.41, 5.74) is 0.507. The Morgan fingerprint density at radius 3 is 2.75 bits per heavy atom. The minimum absolute atomic E-state index is 0.0619. The highest BCUT2D eigenvalue weighted by molar-refractivity contribution is 5.50. The molecule has 1 aromatic carbocycles. The predicted octanol–water partition coefficient (Wildman–Crippen LogP) is 2.03. The highest BCUT2D eigenvalue weighted by atomic mass is 16.6. The van der Waals surface area contributed by atoms with E-state index in [4.69, 9.17) is 5.11 Å². The molecule has 0 aromatic heterocycles. The van der Waals surface area contributed by atoms with Gasteiger partial charge in [-0.2, -0.15) is 0 Å². The minimum atomic E-state index is -0.428. The van der Waals surface area contributed by atoms with Gasteiger partial charge in [0.05, 0.1) is 4.92 Å². The number of nitrogens with zero attached hydrogens (tertiary/aromatic N) is 1. The molecule has 5 heteroatoms. The van der Waals surface area contributed by atoms with Gasteiger partial charge in [0, 0.05) is 36.4 Å². The fraction of sp³-hybridized carbons (Fsp3) is 0.455. The molecular weight excluding hydrogens is 208 g/mol. The zero-order valence-electron chi connectivity index (χ0n) is 9.43. The first-order chi connectivity index (χ1) is 7.44. The number of aliphatic hydroxyl groups is 1. The van der Waals surface area contributed by atoms with Gasteiger partial charge in [0.2, 0.25) is 0 Å². The van der Waals surface area contributed by atoms with Crippen molar-refractivity contribution in [3.8, 4) is 0 Å². The third-order valence-electron chi connectivity index (χ3n) is 2.26. The van der Waals surface area contributed by atoms with Crippen molar-refractivity contribution < 1.29 is 10.0 Å². The quantitative estimate of drug-likeness (QED) is 0.592. The van der Waals surface area contributed by atoms with Gasteiger partial charge in [0.15, 0.2) is 0 Å². The zero-order valence-corrected chi connectivity index (χ0v) is 9.43. The first-order valence-corrected chi connectivity index (χ1v) is 5.04. The van der Waals surface area contributed by atoms with Gasteiger partial charge < -0.3 is 10.4 Å². The van der Waals surface area contributed by atoms with E-state index in [1.807, 2.05) is 13.8 Å². The van der Waals surface area contributed by atoms with Gasteiger partial charge in [-0.3, -0.25) is 10.1 Å². The highest BCUT2D eigenvalue weighted by Gasteiger charge is 2.16. The Morgan fingerprint density at radius 1 is 1.50 bits per heavy atom. The number of hydrogen-bond donors (Lipinski definition) is 2. The third-order valence-corrected chi connectivity index (χ3v) is 2.26. The number of anilines is 1. The van der Waals surface area contributed by atoms with Crippen molar-refractivity contribution in [2.75, 3.05) is 18.5 Å². The molecule has 0 aliphatic carbocycles. The van der Waals surface area contributed by atoms with Crippen LogP contribution in [0.4, 0.5) is 11.4 Å². The Morgan fingerprint density at radius 2 is 2.19 bits per heavy atom. The van der Waals surface area contributed by atoms with Gasteiger partial charge in [-0.05, 0) is 6.07 Å². The molecule has 0 amide bonds. The standard InChI is InChI=1S/C11H16N2O3/c1-11(2,8-14)7-12-9-4-3-5-10(6-9)13(15)16/h3-6,12,14H,7-8H2,1-2H3. The maximum absolute atomic E-state index is 10.5. The lowest BCUT2D eigenvalue weighted by atomic mass is 9.95. The predicted molar refractivity (Wildman–Crippen MR) is 62.5 cm³/mol. The van der Waals surface area contributed by atoms with Crippen LogP contribution in [0.1, 0.15) is 13.8 Å². The molecular formula is C11H16N2O3. The summed E-state index contributed by atoms with van der Waals surface area (Å²) >= 11 is 0. The first-order valence-electron chi connectivity index (χ1n) is 5.04.